The van der Waals surface area contributed by atoms with Crippen LogP contribution in [-0.2, 0) is 0 Å². The van der Waals surface area contributed by atoms with Crippen molar-refractivity contribution in [2.24, 2.45) is 0 Å². The van der Waals surface area contributed by atoms with Gasteiger partial charge in [-0.3, -0.25) is 0 Å². The van der Waals surface area contributed by atoms with E-state index in [4.69, 9.17) is 18.8 Å². The number of hydrogen-bond acceptors (Lipinski definition) is 8. The molecule has 8 heteroatoms. The number of nitriles is 4. The van der Waals surface area contributed by atoms with Crippen LogP contribution in [0.25, 0.3) is 77.9 Å². The molecule has 2 heterocycles. The van der Waals surface area contributed by atoms with Gasteiger partial charge in [-0.25, -0.2) is 9.97 Å². The molecule has 5 aromatic carbocycles. The quantitative estimate of drug-likeness (QED) is 0.212. The first-order valence-electron chi connectivity index (χ1n) is 14.1. The molecule has 212 valence electrons. The molecule has 0 saturated heterocycles. The van der Waals surface area contributed by atoms with Gasteiger partial charge in [-0.15, -0.1) is 0 Å². The molecule has 0 aliphatic heterocycles. The molecule has 0 aliphatic rings. The minimum absolute atomic E-state index is 0.147. The topological polar surface area (TPSA) is 147 Å². The molecule has 0 unspecified atom stereocenters. The Balaban J connectivity index is 1.75. The Morgan fingerprint density at radius 1 is 0.435 bits per heavy atom. The lowest BCUT2D eigenvalue weighted by Gasteiger charge is -2.14. The number of oxazole rings is 2. The molecule has 2 aromatic heterocycles. The van der Waals surface area contributed by atoms with Crippen molar-refractivity contribution in [1.29, 1.82) is 21.0 Å². The summed E-state index contributed by atoms with van der Waals surface area (Å²) in [5, 5.41) is 39.0. The van der Waals surface area contributed by atoms with Crippen LogP contribution in [0.4, 0.5) is 0 Å². The maximum atomic E-state index is 9.76. The maximum absolute atomic E-state index is 9.76. The van der Waals surface area contributed by atoms with Gasteiger partial charge in [0.25, 0.3) is 0 Å². The third-order valence-corrected chi connectivity index (χ3v) is 7.62. The SMILES string of the molecule is N#CC(C#N)=c1nc2c(-c3ccccc3-c3ccccc3)c3oc(=C(C#N)C#N)nc3c(-c3ccccc3-c3ccccc3)c2o1. The van der Waals surface area contributed by atoms with Crippen LogP contribution in [0.5, 0.6) is 0 Å². The van der Waals surface area contributed by atoms with Crippen LogP contribution in [0, 0.1) is 45.3 Å². The van der Waals surface area contributed by atoms with Crippen LogP contribution in [-0.4, -0.2) is 9.97 Å². The second-order valence-corrected chi connectivity index (χ2v) is 10.2. The Bertz CT molecular complexity index is 2350. The molecule has 0 fully saturated rings. The van der Waals surface area contributed by atoms with Crippen LogP contribution in [0.3, 0.4) is 0 Å². The van der Waals surface area contributed by atoms with Crippen LogP contribution >= 0.6 is 0 Å². The van der Waals surface area contributed by atoms with Crippen molar-refractivity contribution >= 4 is 33.3 Å². The molecule has 0 atom stereocenters. The molecule has 7 aromatic rings. The summed E-state index contributed by atoms with van der Waals surface area (Å²) < 4.78 is 12.6. The van der Waals surface area contributed by atoms with Gasteiger partial charge in [-0.1, -0.05) is 109 Å². The van der Waals surface area contributed by atoms with Gasteiger partial charge in [0, 0.05) is 0 Å². The van der Waals surface area contributed by atoms with Gasteiger partial charge in [0.15, 0.2) is 22.3 Å². The van der Waals surface area contributed by atoms with E-state index in [1.165, 1.54) is 0 Å². The van der Waals surface area contributed by atoms with E-state index < -0.39 is 0 Å². The van der Waals surface area contributed by atoms with E-state index in [2.05, 4.69) is 0 Å². The monoisotopic (exact) mass is 590 g/mol. The Kier molecular flexibility index (Phi) is 6.85. The Labute approximate surface area is 261 Å². The minimum atomic E-state index is -0.296. The summed E-state index contributed by atoms with van der Waals surface area (Å²) in [6.07, 6.45) is 0. The number of nitrogens with zero attached hydrogens (tertiary/aromatic N) is 6. The highest BCUT2D eigenvalue weighted by atomic mass is 16.3. The smallest absolute Gasteiger partial charge is 0.249 e. The Morgan fingerprint density at radius 2 is 0.761 bits per heavy atom. The zero-order valence-corrected chi connectivity index (χ0v) is 23.9. The average Bonchev–Trinajstić information content (AvgIpc) is 3.74. The van der Waals surface area contributed by atoms with E-state index in [1.54, 1.807) is 0 Å². The molecule has 0 spiro atoms. The van der Waals surface area contributed by atoms with Crippen molar-refractivity contribution in [2.75, 3.05) is 0 Å². The molecule has 8 nitrogen and oxygen atoms in total. The summed E-state index contributed by atoms with van der Waals surface area (Å²) in [6, 6.07) is 42.3. The van der Waals surface area contributed by atoms with Gasteiger partial charge in [-0.2, -0.15) is 21.0 Å². The summed E-state index contributed by atoms with van der Waals surface area (Å²) >= 11 is 0. The zero-order valence-electron chi connectivity index (χ0n) is 23.9. The van der Waals surface area contributed by atoms with Gasteiger partial charge in [0.1, 0.15) is 35.3 Å². The van der Waals surface area contributed by atoms with Gasteiger partial charge >= 0.3 is 0 Å². The third kappa shape index (κ3) is 4.45. The van der Waals surface area contributed by atoms with Crippen molar-refractivity contribution < 1.29 is 8.83 Å². The summed E-state index contributed by atoms with van der Waals surface area (Å²) in [5.74, 6) is 0. The van der Waals surface area contributed by atoms with E-state index in [9.17, 15) is 21.0 Å². The molecule has 0 radical (unpaired) electrons. The lowest BCUT2D eigenvalue weighted by molar-refractivity contribution is 0.559. The third-order valence-electron chi connectivity index (χ3n) is 7.62. The molecule has 0 amide bonds. The fraction of sp³-hybridized carbons (Fsp3) is 0. The van der Waals surface area contributed by atoms with Crippen molar-refractivity contribution in [2.45, 2.75) is 0 Å². The molecule has 0 aliphatic carbocycles. The molecule has 0 N–H and O–H groups in total. The summed E-state index contributed by atoms with van der Waals surface area (Å²) in [7, 11) is 0. The highest BCUT2D eigenvalue weighted by Crippen LogP contribution is 2.46. The predicted molar refractivity (Wildman–Crippen MR) is 172 cm³/mol. The van der Waals surface area contributed by atoms with Gasteiger partial charge in [0.05, 0.1) is 11.1 Å². The van der Waals surface area contributed by atoms with Crippen LogP contribution < -0.4 is 11.1 Å². The molecule has 7 rings (SSSR count). The molecule has 0 bridgehead atoms. The molecular formula is C38H18N6O2. The highest BCUT2D eigenvalue weighted by molar-refractivity contribution is 6.18. The fourth-order valence-corrected chi connectivity index (χ4v) is 5.63. The average molecular weight is 591 g/mol. The van der Waals surface area contributed by atoms with Crippen LogP contribution in [0.1, 0.15) is 0 Å². The second-order valence-electron chi connectivity index (χ2n) is 10.2. The molecule has 46 heavy (non-hydrogen) atoms. The fourth-order valence-electron chi connectivity index (χ4n) is 5.63. The van der Waals surface area contributed by atoms with Crippen molar-refractivity contribution in [3.63, 3.8) is 0 Å². The zero-order chi connectivity index (χ0) is 31.6. The van der Waals surface area contributed by atoms with Gasteiger partial charge in [0.2, 0.25) is 11.1 Å². The minimum Gasteiger partial charge on any atom is -0.434 e. The standard InChI is InChI=1S/C38H18N6O2/c39-19-25(20-40)37-43-33-31(29-17-9-7-15-27(29)23-11-3-1-4-12-23)35-34(44-38(45-35)26(21-41)22-42)32(36(33)46-37)30-18-10-8-16-28(30)24-13-5-2-6-14-24/h1-18H. The van der Waals surface area contributed by atoms with Crippen molar-refractivity contribution in [3.05, 3.63) is 120 Å². The number of aromatic nitrogens is 2. The normalized spacial score (nSPS) is 10.5. The highest BCUT2D eigenvalue weighted by Gasteiger charge is 2.28. The lowest BCUT2D eigenvalue weighted by Crippen LogP contribution is -2.04. The van der Waals surface area contributed by atoms with Gasteiger partial charge < -0.3 is 8.83 Å². The Hall–Kier alpha value is -7.26. The first-order chi connectivity index (χ1) is 22.7. The van der Waals surface area contributed by atoms with Gasteiger partial charge in [-0.05, 0) is 33.4 Å². The summed E-state index contributed by atoms with van der Waals surface area (Å²) in [5.41, 5.74) is 6.20. The van der Waals surface area contributed by atoms with E-state index in [0.717, 1.165) is 22.3 Å². The molecule has 0 saturated carbocycles. The van der Waals surface area contributed by atoms with E-state index >= 15 is 0 Å². The van der Waals surface area contributed by atoms with Crippen LogP contribution in [0.15, 0.2) is 118 Å². The maximum Gasteiger partial charge on any atom is 0.249 e. The van der Waals surface area contributed by atoms with E-state index in [-0.39, 0.29) is 33.4 Å². The number of fused-ring (bicyclic) bond motifs is 2. The lowest BCUT2D eigenvalue weighted by atomic mass is 9.89. The first kappa shape index (κ1) is 27.6. The Morgan fingerprint density at radius 3 is 1.11 bits per heavy atom. The van der Waals surface area contributed by atoms with Crippen molar-refractivity contribution in [1.82, 2.24) is 9.97 Å². The summed E-state index contributed by atoms with van der Waals surface area (Å²) in [4.78, 5) is 9.45. The number of hydrogen-bond donors (Lipinski definition) is 0. The second kappa shape index (κ2) is 11.4. The number of rotatable bonds is 4. The van der Waals surface area contributed by atoms with E-state index in [0.29, 0.717) is 33.3 Å². The van der Waals surface area contributed by atoms with Crippen molar-refractivity contribution in [3.8, 4) is 68.8 Å². The largest absolute Gasteiger partial charge is 0.434 e. The molecular weight excluding hydrogens is 572 g/mol. The first-order valence-corrected chi connectivity index (χ1v) is 14.1. The van der Waals surface area contributed by atoms with Crippen LogP contribution in [0.2, 0.25) is 0 Å². The summed E-state index contributed by atoms with van der Waals surface area (Å²) in [6.45, 7) is 0. The number of benzene rings is 5. The predicted octanol–water partition coefficient (Wildman–Crippen LogP) is 7.03. The van der Waals surface area contributed by atoms with E-state index in [1.807, 2.05) is 133 Å².